The molecule has 0 aliphatic heterocycles. The van der Waals surface area contributed by atoms with E-state index in [9.17, 15) is 26.3 Å². The lowest BCUT2D eigenvalue weighted by atomic mass is 10.2. The maximum Gasteiger partial charge on any atom is 0.416 e. The summed E-state index contributed by atoms with van der Waals surface area (Å²) in [5.41, 5.74) is -1.32. The Balaban J connectivity index is 1.68. The zero-order valence-corrected chi connectivity index (χ0v) is 15.4. The molecule has 4 aromatic rings. The number of halogens is 6. The van der Waals surface area contributed by atoms with Crippen LogP contribution in [0.5, 0.6) is 23.3 Å². The van der Waals surface area contributed by atoms with Crippen LogP contribution >= 0.6 is 0 Å². The quantitative estimate of drug-likeness (QED) is 0.343. The van der Waals surface area contributed by atoms with Gasteiger partial charge in [0.25, 0.3) is 0 Å². The van der Waals surface area contributed by atoms with Gasteiger partial charge in [-0.25, -0.2) is 0 Å². The number of benzene rings is 2. The van der Waals surface area contributed by atoms with Gasteiger partial charge in [-0.05, 0) is 42.5 Å². The molecule has 0 aliphatic carbocycles. The van der Waals surface area contributed by atoms with Gasteiger partial charge in [-0.1, -0.05) is 12.1 Å². The molecular formula is C21H12F6N2O2. The van der Waals surface area contributed by atoms with E-state index in [0.717, 1.165) is 24.3 Å². The average Bonchev–Trinajstić information content (AvgIpc) is 3.16. The second-order valence-corrected chi connectivity index (χ2v) is 6.46. The van der Waals surface area contributed by atoms with Crippen molar-refractivity contribution in [1.29, 1.82) is 0 Å². The summed E-state index contributed by atoms with van der Waals surface area (Å²) in [5.74, 6) is -0.393. The van der Waals surface area contributed by atoms with Crippen LogP contribution in [0.4, 0.5) is 26.3 Å². The number of ether oxygens (including phenoxy) is 2. The molecule has 31 heavy (non-hydrogen) atoms. The molecule has 0 fully saturated rings. The molecule has 0 aliphatic rings. The van der Waals surface area contributed by atoms with Gasteiger partial charge in [0.15, 0.2) is 0 Å². The van der Waals surface area contributed by atoms with Crippen molar-refractivity contribution in [1.82, 2.24) is 9.97 Å². The van der Waals surface area contributed by atoms with E-state index in [0.29, 0.717) is 10.9 Å². The molecule has 160 valence electrons. The minimum atomic E-state index is -4.55. The van der Waals surface area contributed by atoms with Crippen LogP contribution in [0.1, 0.15) is 11.1 Å². The number of fused-ring (bicyclic) bond motifs is 1. The average molecular weight is 438 g/mol. The van der Waals surface area contributed by atoms with Crippen LogP contribution in [0.2, 0.25) is 0 Å². The highest BCUT2D eigenvalue weighted by Crippen LogP contribution is 2.36. The third-order valence-electron chi connectivity index (χ3n) is 4.25. The van der Waals surface area contributed by atoms with Crippen LogP contribution in [0.3, 0.4) is 0 Å². The first-order valence-corrected chi connectivity index (χ1v) is 8.78. The molecule has 2 aromatic heterocycles. The normalized spacial score (nSPS) is 12.2. The van der Waals surface area contributed by atoms with Crippen LogP contribution in [0.15, 0.2) is 66.9 Å². The predicted octanol–water partition coefficient (Wildman–Crippen LogP) is 7.19. The highest BCUT2D eigenvalue weighted by molar-refractivity contribution is 5.85. The molecule has 0 bridgehead atoms. The van der Waals surface area contributed by atoms with Gasteiger partial charge >= 0.3 is 12.4 Å². The van der Waals surface area contributed by atoms with E-state index in [1.165, 1.54) is 30.3 Å². The number of nitrogens with zero attached hydrogens (tertiary/aromatic N) is 1. The maximum atomic E-state index is 13.0. The summed E-state index contributed by atoms with van der Waals surface area (Å²) < 4.78 is 88.6. The van der Waals surface area contributed by atoms with E-state index >= 15 is 0 Å². The lowest BCUT2D eigenvalue weighted by molar-refractivity contribution is -0.138. The number of nitrogens with one attached hydrogen (secondary N) is 1. The van der Waals surface area contributed by atoms with Gasteiger partial charge in [0.1, 0.15) is 11.5 Å². The van der Waals surface area contributed by atoms with Crippen LogP contribution in [0, 0.1) is 0 Å². The van der Waals surface area contributed by atoms with Crippen molar-refractivity contribution in [2.24, 2.45) is 0 Å². The standard InChI is InChI=1S/C21H12F6N2O2/c22-20(23,24)12-3-1-5-14(9-12)30-18-11-17-16(7-8-28-17)19(29-18)31-15-6-2-4-13(10-15)21(25,26)27/h1-11,28H. The zero-order valence-electron chi connectivity index (χ0n) is 15.4. The third-order valence-corrected chi connectivity index (χ3v) is 4.25. The summed E-state index contributed by atoms with van der Waals surface area (Å²) in [4.78, 5) is 7.00. The molecule has 4 rings (SSSR count). The summed E-state index contributed by atoms with van der Waals surface area (Å²) in [6.07, 6.45) is -7.54. The molecule has 0 atom stereocenters. The monoisotopic (exact) mass is 438 g/mol. The van der Waals surface area contributed by atoms with E-state index in [4.69, 9.17) is 9.47 Å². The number of aromatic nitrogens is 2. The van der Waals surface area contributed by atoms with E-state index < -0.39 is 23.5 Å². The molecule has 1 N–H and O–H groups in total. The molecule has 4 nitrogen and oxygen atoms in total. The van der Waals surface area contributed by atoms with E-state index in [1.807, 2.05) is 0 Å². The number of hydrogen-bond acceptors (Lipinski definition) is 3. The topological polar surface area (TPSA) is 47.1 Å². The Morgan fingerprint density at radius 2 is 1.29 bits per heavy atom. The van der Waals surface area contributed by atoms with E-state index in [2.05, 4.69) is 9.97 Å². The lowest BCUT2D eigenvalue weighted by Crippen LogP contribution is -2.05. The van der Waals surface area contributed by atoms with Crippen molar-refractivity contribution >= 4 is 10.9 Å². The smallest absolute Gasteiger partial charge is 0.416 e. The fraction of sp³-hybridized carbons (Fsp3) is 0.0952. The Bertz CT molecular complexity index is 1230. The Labute approximate surface area is 171 Å². The Kier molecular flexibility index (Phi) is 5.00. The number of pyridine rings is 1. The molecule has 0 saturated heterocycles. The zero-order chi connectivity index (χ0) is 22.2. The fourth-order valence-electron chi connectivity index (χ4n) is 2.84. The summed E-state index contributed by atoms with van der Waals surface area (Å²) in [7, 11) is 0. The van der Waals surface area contributed by atoms with Crippen LogP contribution in [0.25, 0.3) is 10.9 Å². The molecule has 2 aromatic carbocycles. The molecule has 2 heterocycles. The van der Waals surface area contributed by atoms with Crippen molar-refractivity contribution in [3.63, 3.8) is 0 Å². The van der Waals surface area contributed by atoms with Gasteiger partial charge in [-0.15, -0.1) is 0 Å². The van der Waals surface area contributed by atoms with Gasteiger partial charge in [-0.2, -0.15) is 31.3 Å². The molecule has 0 spiro atoms. The summed E-state index contributed by atoms with van der Waals surface area (Å²) >= 11 is 0. The van der Waals surface area contributed by atoms with Crippen LogP contribution in [-0.2, 0) is 12.4 Å². The predicted molar refractivity (Wildman–Crippen MR) is 99.1 cm³/mol. The minimum absolute atomic E-state index is 0.0694. The third kappa shape index (κ3) is 4.57. The Morgan fingerprint density at radius 1 is 0.710 bits per heavy atom. The van der Waals surface area contributed by atoms with Gasteiger partial charge in [0.2, 0.25) is 11.8 Å². The largest absolute Gasteiger partial charge is 0.439 e. The molecule has 0 amide bonds. The lowest BCUT2D eigenvalue weighted by Gasteiger charge is -2.12. The minimum Gasteiger partial charge on any atom is -0.439 e. The van der Waals surface area contributed by atoms with Crippen molar-refractivity contribution in [2.75, 3.05) is 0 Å². The van der Waals surface area contributed by atoms with Crippen LogP contribution in [-0.4, -0.2) is 9.97 Å². The number of H-pyrrole nitrogens is 1. The van der Waals surface area contributed by atoms with Crippen molar-refractivity contribution in [2.45, 2.75) is 12.4 Å². The first kappa shape index (κ1) is 20.6. The van der Waals surface area contributed by atoms with Gasteiger partial charge in [0.05, 0.1) is 22.0 Å². The maximum absolute atomic E-state index is 13.0. The van der Waals surface area contributed by atoms with Crippen molar-refractivity contribution in [3.05, 3.63) is 78.0 Å². The first-order chi connectivity index (χ1) is 14.6. The van der Waals surface area contributed by atoms with Crippen LogP contribution < -0.4 is 9.47 Å². The van der Waals surface area contributed by atoms with E-state index in [1.54, 1.807) is 12.3 Å². The van der Waals surface area contributed by atoms with Crippen molar-refractivity contribution < 1.29 is 35.8 Å². The highest BCUT2D eigenvalue weighted by Gasteiger charge is 2.31. The molecule has 0 radical (unpaired) electrons. The number of alkyl halides is 6. The molecule has 10 heteroatoms. The summed E-state index contributed by atoms with van der Waals surface area (Å²) in [6, 6.07) is 11.5. The number of hydrogen-bond donors (Lipinski definition) is 1. The number of rotatable bonds is 4. The van der Waals surface area contributed by atoms with Gasteiger partial charge in [0, 0.05) is 12.3 Å². The van der Waals surface area contributed by atoms with Gasteiger partial charge < -0.3 is 14.5 Å². The number of aromatic amines is 1. The van der Waals surface area contributed by atoms with E-state index in [-0.39, 0.29) is 23.3 Å². The first-order valence-electron chi connectivity index (χ1n) is 8.78. The second-order valence-electron chi connectivity index (χ2n) is 6.46. The summed E-state index contributed by atoms with van der Waals surface area (Å²) in [5, 5.41) is 0.453. The fourth-order valence-corrected chi connectivity index (χ4v) is 2.84. The van der Waals surface area contributed by atoms with Gasteiger partial charge in [-0.3, -0.25) is 0 Å². The highest BCUT2D eigenvalue weighted by atomic mass is 19.4. The molecular weight excluding hydrogens is 426 g/mol. The SMILES string of the molecule is FC(F)(F)c1cccc(Oc2cc3[nH]ccc3c(Oc3cccc(C(F)(F)F)c3)n2)c1. The molecule has 0 unspecified atom stereocenters. The second kappa shape index (κ2) is 7.53. The van der Waals surface area contributed by atoms with Crippen molar-refractivity contribution in [3.8, 4) is 23.3 Å². The Hall–Kier alpha value is -3.69. The Morgan fingerprint density at radius 3 is 1.87 bits per heavy atom. The molecule has 0 saturated carbocycles. The summed E-state index contributed by atoms with van der Waals surface area (Å²) in [6.45, 7) is 0.